The van der Waals surface area contributed by atoms with Crippen molar-refractivity contribution in [2.45, 2.75) is 6.54 Å². The minimum absolute atomic E-state index is 0.848. The Labute approximate surface area is 129 Å². The summed E-state index contributed by atoms with van der Waals surface area (Å²) < 4.78 is 3.28. The largest absolute Gasteiger partial charge is 0.318 e. The molecule has 0 N–H and O–H groups in total. The Kier molecular flexibility index (Phi) is 2.14. The molecule has 0 spiro atoms. The van der Waals surface area contributed by atoms with Crippen LogP contribution in [0.5, 0.6) is 0 Å². The summed E-state index contributed by atoms with van der Waals surface area (Å²) in [6, 6.07) is 16.7. The zero-order valence-electron chi connectivity index (χ0n) is 11.0. The lowest BCUT2D eigenvalue weighted by Gasteiger charge is -2.03. The number of nitrogens with zero attached hydrogens (tertiary/aromatic N) is 3. The molecular weight excluding hydrogens is 326 g/mol. The van der Waals surface area contributed by atoms with Crippen molar-refractivity contribution >= 4 is 37.9 Å². The van der Waals surface area contributed by atoms with Crippen LogP contribution in [0.1, 0.15) is 5.56 Å². The molecule has 0 aliphatic carbocycles. The van der Waals surface area contributed by atoms with Gasteiger partial charge in [0.25, 0.3) is 0 Å². The highest BCUT2D eigenvalue weighted by molar-refractivity contribution is 9.10. The van der Waals surface area contributed by atoms with E-state index in [0.717, 1.165) is 39.0 Å². The molecule has 0 unspecified atom stereocenters. The molecule has 2 aromatic heterocycles. The number of para-hydroxylation sites is 3. The highest BCUT2D eigenvalue weighted by Crippen LogP contribution is 2.36. The van der Waals surface area contributed by atoms with E-state index in [0.29, 0.717) is 0 Å². The minimum atomic E-state index is 0.848. The van der Waals surface area contributed by atoms with Gasteiger partial charge >= 0.3 is 0 Å². The molecule has 21 heavy (non-hydrogen) atoms. The average molecular weight is 336 g/mol. The van der Waals surface area contributed by atoms with Crippen LogP contribution in [0.3, 0.4) is 0 Å². The molecule has 1 aliphatic heterocycles. The van der Waals surface area contributed by atoms with E-state index in [-0.39, 0.29) is 0 Å². The molecule has 0 fully saturated rings. The zero-order valence-corrected chi connectivity index (χ0v) is 12.6. The topological polar surface area (TPSA) is 30.7 Å². The van der Waals surface area contributed by atoms with E-state index in [1.165, 1.54) is 11.1 Å². The van der Waals surface area contributed by atoms with Gasteiger partial charge in [0.2, 0.25) is 0 Å². The summed E-state index contributed by atoms with van der Waals surface area (Å²) in [6.07, 6.45) is 0. The number of halogens is 1. The van der Waals surface area contributed by atoms with Crippen molar-refractivity contribution in [1.82, 2.24) is 14.5 Å². The summed E-state index contributed by atoms with van der Waals surface area (Å²) in [7, 11) is 0. The van der Waals surface area contributed by atoms with E-state index in [9.17, 15) is 0 Å². The average Bonchev–Trinajstić information content (AvgIpc) is 3.02. The molecule has 3 nitrogen and oxygen atoms in total. The van der Waals surface area contributed by atoms with Crippen molar-refractivity contribution in [1.29, 1.82) is 0 Å². The maximum atomic E-state index is 4.86. The predicted octanol–water partition coefficient (Wildman–Crippen LogP) is 4.38. The number of imidazole rings is 1. The third kappa shape index (κ3) is 1.48. The number of pyridine rings is 1. The van der Waals surface area contributed by atoms with Crippen molar-refractivity contribution in [2.24, 2.45) is 0 Å². The highest BCUT2D eigenvalue weighted by atomic mass is 79.9. The molecule has 100 valence electrons. The first-order valence-electron chi connectivity index (χ1n) is 6.85. The molecule has 4 heteroatoms. The summed E-state index contributed by atoms with van der Waals surface area (Å²) >= 11 is 3.59. The molecule has 0 radical (unpaired) electrons. The van der Waals surface area contributed by atoms with E-state index in [4.69, 9.17) is 9.97 Å². The molecule has 2 aromatic carbocycles. The standard InChI is InChI=1S/C17H10BrN3/c18-12-5-3-4-10-8-11-9-21-14-7-2-1-6-13(14)19-17(21)16(11)20-15(10)12/h1-8H,9H2. The molecule has 0 saturated heterocycles. The van der Waals surface area contributed by atoms with Crippen LogP contribution in [-0.2, 0) is 6.54 Å². The Hall–Kier alpha value is -2.20. The van der Waals surface area contributed by atoms with E-state index in [2.05, 4.69) is 50.8 Å². The fraction of sp³-hybridized carbons (Fsp3) is 0.0588. The quantitative estimate of drug-likeness (QED) is 0.420. The maximum Gasteiger partial charge on any atom is 0.160 e. The van der Waals surface area contributed by atoms with Crippen LogP contribution in [0.25, 0.3) is 33.5 Å². The van der Waals surface area contributed by atoms with Crippen LogP contribution in [0.4, 0.5) is 0 Å². The first kappa shape index (κ1) is 11.5. The summed E-state index contributed by atoms with van der Waals surface area (Å²) in [5.74, 6) is 0.976. The third-order valence-electron chi connectivity index (χ3n) is 4.07. The third-order valence-corrected chi connectivity index (χ3v) is 4.71. The van der Waals surface area contributed by atoms with Gasteiger partial charge in [-0.15, -0.1) is 0 Å². The van der Waals surface area contributed by atoms with Crippen molar-refractivity contribution < 1.29 is 0 Å². The Morgan fingerprint density at radius 2 is 1.90 bits per heavy atom. The van der Waals surface area contributed by atoms with Gasteiger partial charge in [-0.2, -0.15) is 0 Å². The molecule has 3 heterocycles. The monoisotopic (exact) mass is 335 g/mol. The molecule has 0 amide bonds. The number of hydrogen-bond acceptors (Lipinski definition) is 2. The van der Waals surface area contributed by atoms with Gasteiger partial charge in [-0.25, -0.2) is 9.97 Å². The van der Waals surface area contributed by atoms with Gasteiger partial charge in [-0.3, -0.25) is 0 Å². The Morgan fingerprint density at radius 1 is 1.00 bits per heavy atom. The van der Waals surface area contributed by atoms with E-state index >= 15 is 0 Å². The van der Waals surface area contributed by atoms with Gasteiger partial charge in [-0.1, -0.05) is 24.3 Å². The van der Waals surface area contributed by atoms with E-state index < -0.39 is 0 Å². The second-order valence-electron chi connectivity index (χ2n) is 5.32. The normalized spacial score (nSPS) is 12.8. The summed E-state index contributed by atoms with van der Waals surface area (Å²) in [5.41, 5.74) is 5.46. The highest BCUT2D eigenvalue weighted by Gasteiger charge is 2.24. The minimum Gasteiger partial charge on any atom is -0.318 e. The van der Waals surface area contributed by atoms with Crippen LogP contribution < -0.4 is 0 Å². The fourth-order valence-electron chi connectivity index (χ4n) is 3.11. The molecular formula is C17H10BrN3. The van der Waals surface area contributed by atoms with Crippen molar-refractivity contribution in [3.05, 3.63) is 58.6 Å². The van der Waals surface area contributed by atoms with Gasteiger partial charge in [0, 0.05) is 15.4 Å². The number of hydrogen-bond donors (Lipinski definition) is 0. The van der Waals surface area contributed by atoms with Crippen molar-refractivity contribution in [2.75, 3.05) is 0 Å². The number of fused-ring (bicyclic) bond motifs is 6. The van der Waals surface area contributed by atoms with Gasteiger partial charge in [0.05, 0.1) is 23.1 Å². The van der Waals surface area contributed by atoms with Crippen molar-refractivity contribution in [3.8, 4) is 11.5 Å². The van der Waals surface area contributed by atoms with Gasteiger partial charge in [0.15, 0.2) is 5.82 Å². The first-order valence-corrected chi connectivity index (χ1v) is 7.64. The zero-order chi connectivity index (χ0) is 14.0. The Balaban J connectivity index is 1.87. The van der Waals surface area contributed by atoms with Crippen molar-refractivity contribution in [3.63, 3.8) is 0 Å². The van der Waals surface area contributed by atoms with Crippen LogP contribution in [-0.4, -0.2) is 14.5 Å². The molecule has 0 saturated carbocycles. The second kappa shape index (κ2) is 3.92. The Bertz CT molecular complexity index is 1030. The fourth-order valence-corrected chi connectivity index (χ4v) is 3.58. The summed E-state index contributed by atoms with van der Waals surface area (Å²) in [4.78, 5) is 9.62. The van der Waals surface area contributed by atoms with Gasteiger partial charge in [-0.05, 0) is 40.2 Å². The predicted molar refractivity (Wildman–Crippen MR) is 87.3 cm³/mol. The first-order chi connectivity index (χ1) is 10.3. The van der Waals surface area contributed by atoms with E-state index in [1.807, 2.05) is 18.2 Å². The SMILES string of the molecule is Brc1cccc2cc3c(nc12)-c1nc2ccccc2n1C3. The lowest BCUT2D eigenvalue weighted by atomic mass is 10.1. The lowest BCUT2D eigenvalue weighted by Crippen LogP contribution is -1.92. The number of aromatic nitrogens is 3. The van der Waals surface area contributed by atoms with Crippen LogP contribution in [0.2, 0.25) is 0 Å². The van der Waals surface area contributed by atoms with Crippen LogP contribution in [0.15, 0.2) is 53.0 Å². The van der Waals surface area contributed by atoms with Gasteiger partial charge < -0.3 is 4.57 Å². The maximum absolute atomic E-state index is 4.86. The summed E-state index contributed by atoms with van der Waals surface area (Å²) in [6.45, 7) is 0.848. The van der Waals surface area contributed by atoms with Gasteiger partial charge in [0.1, 0.15) is 5.69 Å². The number of rotatable bonds is 0. The summed E-state index contributed by atoms with van der Waals surface area (Å²) in [5, 5.41) is 1.16. The smallest absolute Gasteiger partial charge is 0.160 e. The molecule has 0 bridgehead atoms. The number of benzene rings is 2. The van der Waals surface area contributed by atoms with Crippen LogP contribution >= 0.6 is 15.9 Å². The van der Waals surface area contributed by atoms with Crippen LogP contribution in [0, 0.1) is 0 Å². The van der Waals surface area contributed by atoms with E-state index in [1.54, 1.807) is 0 Å². The second-order valence-corrected chi connectivity index (χ2v) is 6.17. The molecule has 5 rings (SSSR count). The Morgan fingerprint density at radius 3 is 2.86 bits per heavy atom. The lowest BCUT2D eigenvalue weighted by molar-refractivity contribution is 0.879. The molecule has 1 aliphatic rings. The molecule has 4 aromatic rings. The molecule has 0 atom stereocenters.